The first-order chi connectivity index (χ1) is 13.5. The van der Waals surface area contributed by atoms with Gasteiger partial charge in [0.25, 0.3) is 0 Å². The van der Waals surface area contributed by atoms with Crippen molar-refractivity contribution in [3.63, 3.8) is 0 Å². The highest BCUT2D eigenvalue weighted by molar-refractivity contribution is 5.37. The second-order valence-corrected chi connectivity index (χ2v) is 9.18. The highest BCUT2D eigenvalue weighted by Crippen LogP contribution is 2.29. The van der Waals surface area contributed by atoms with Crippen LogP contribution in [0, 0.1) is 0 Å². The summed E-state index contributed by atoms with van der Waals surface area (Å²) in [7, 11) is 0. The van der Waals surface area contributed by atoms with E-state index in [0.29, 0.717) is 5.92 Å². The number of likely N-dealkylation sites (tertiary alicyclic amines) is 1. The molecule has 1 aliphatic heterocycles. The van der Waals surface area contributed by atoms with Crippen LogP contribution >= 0.6 is 0 Å². The molecule has 0 amide bonds. The maximum atomic E-state index is 5.94. The summed E-state index contributed by atoms with van der Waals surface area (Å²) >= 11 is 0. The van der Waals surface area contributed by atoms with Gasteiger partial charge >= 0.3 is 0 Å². The van der Waals surface area contributed by atoms with Crippen LogP contribution in [-0.4, -0.2) is 42.8 Å². The molecule has 3 aromatic rings. The molecule has 2 aliphatic rings. The first kappa shape index (κ1) is 17.8. The fourth-order valence-electron chi connectivity index (χ4n) is 4.31. The Balaban J connectivity index is 1.28. The number of oxazole rings is 1. The quantitative estimate of drug-likeness (QED) is 0.694. The molecule has 7 heteroatoms. The molecule has 1 aliphatic carbocycles. The summed E-state index contributed by atoms with van der Waals surface area (Å²) in [5, 5.41) is 13.7. The highest BCUT2D eigenvalue weighted by atomic mass is 16.4. The molecule has 0 spiro atoms. The normalized spacial score (nSPS) is 18.8. The van der Waals surface area contributed by atoms with Crippen molar-refractivity contribution in [3.8, 4) is 0 Å². The molecule has 0 radical (unpaired) electrons. The fourth-order valence-corrected chi connectivity index (χ4v) is 4.31. The standard InChI is InChI=1S/C21H28N6O/c1-21(2,3)17-7-8-18-23-24-20(27(18)25-17)14-9-11-26(12-10-14)13-19-22-15-5-4-6-16(15)28-19/h7-8,14H,4-6,9-13H2,1-3H3. The van der Waals surface area contributed by atoms with Gasteiger partial charge in [0.1, 0.15) is 5.76 Å². The van der Waals surface area contributed by atoms with Gasteiger partial charge in [-0.1, -0.05) is 20.8 Å². The lowest BCUT2D eigenvalue weighted by molar-refractivity contribution is 0.183. The molecule has 1 fully saturated rings. The summed E-state index contributed by atoms with van der Waals surface area (Å²) in [5.41, 5.74) is 3.09. The Morgan fingerprint density at radius 3 is 2.68 bits per heavy atom. The zero-order valence-electron chi connectivity index (χ0n) is 17.0. The van der Waals surface area contributed by atoms with E-state index in [1.165, 1.54) is 12.1 Å². The van der Waals surface area contributed by atoms with Crippen LogP contribution in [0.4, 0.5) is 0 Å². The molecule has 3 aromatic heterocycles. The van der Waals surface area contributed by atoms with Gasteiger partial charge in [-0.25, -0.2) is 4.98 Å². The number of rotatable bonds is 3. The number of aryl methyl sites for hydroxylation is 2. The zero-order chi connectivity index (χ0) is 19.3. The Hall–Kier alpha value is -2.28. The highest BCUT2D eigenvalue weighted by Gasteiger charge is 2.27. The molecule has 4 heterocycles. The number of fused-ring (bicyclic) bond motifs is 2. The summed E-state index contributed by atoms with van der Waals surface area (Å²) in [6, 6.07) is 4.09. The molecule has 0 bridgehead atoms. The molecule has 7 nitrogen and oxygen atoms in total. The van der Waals surface area contributed by atoms with E-state index in [4.69, 9.17) is 9.52 Å². The molecule has 0 aromatic carbocycles. The summed E-state index contributed by atoms with van der Waals surface area (Å²) < 4.78 is 7.90. The Labute approximate surface area is 165 Å². The van der Waals surface area contributed by atoms with Crippen molar-refractivity contribution in [1.29, 1.82) is 0 Å². The van der Waals surface area contributed by atoms with Gasteiger partial charge in [-0.3, -0.25) is 4.90 Å². The van der Waals surface area contributed by atoms with Crippen LogP contribution in [0.5, 0.6) is 0 Å². The van der Waals surface area contributed by atoms with Gasteiger partial charge in [-0.05, 0) is 50.9 Å². The molecule has 148 valence electrons. The minimum atomic E-state index is 0.00934. The van der Waals surface area contributed by atoms with Gasteiger partial charge in [-0.15, -0.1) is 10.2 Å². The first-order valence-electron chi connectivity index (χ1n) is 10.4. The molecule has 0 unspecified atom stereocenters. The van der Waals surface area contributed by atoms with Crippen molar-refractivity contribution in [3.05, 3.63) is 41.0 Å². The number of hydrogen-bond donors (Lipinski definition) is 0. The van der Waals surface area contributed by atoms with Crippen LogP contribution in [-0.2, 0) is 24.8 Å². The lowest BCUT2D eigenvalue weighted by Crippen LogP contribution is -2.33. The summed E-state index contributed by atoms with van der Waals surface area (Å²) in [4.78, 5) is 7.12. The van der Waals surface area contributed by atoms with Crippen LogP contribution < -0.4 is 0 Å². The average Bonchev–Trinajstić information content (AvgIpc) is 3.35. The van der Waals surface area contributed by atoms with Gasteiger partial charge in [0.2, 0.25) is 5.89 Å². The van der Waals surface area contributed by atoms with Gasteiger partial charge in [0.05, 0.1) is 17.9 Å². The lowest BCUT2D eigenvalue weighted by Gasteiger charge is -2.30. The van der Waals surface area contributed by atoms with Crippen molar-refractivity contribution in [2.24, 2.45) is 0 Å². The molecule has 0 saturated carbocycles. The second kappa shape index (κ2) is 6.65. The van der Waals surface area contributed by atoms with E-state index in [-0.39, 0.29) is 5.41 Å². The average molecular weight is 380 g/mol. The van der Waals surface area contributed by atoms with Crippen LogP contribution in [0.15, 0.2) is 16.5 Å². The van der Waals surface area contributed by atoms with Crippen LogP contribution in [0.25, 0.3) is 5.65 Å². The van der Waals surface area contributed by atoms with Gasteiger partial charge in [-0.2, -0.15) is 9.61 Å². The minimum absolute atomic E-state index is 0.00934. The van der Waals surface area contributed by atoms with Gasteiger partial charge < -0.3 is 4.42 Å². The van der Waals surface area contributed by atoms with E-state index in [9.17, 15) is 0 Å². The van der Waals surface area contributed by atoms with E-state index in [0.717, 1.165) is 74.1 Å². The minimum Gasteiger partial charge on any atom is -0.444 e. The van der Waals surface area contributed by atoms with E-state index < -0.39 is 0 Å². The monoisotopic (exact) mass is 380 g/mol. The van der Waals surface area contributed by atoms with Crippen molar-refractivity contribution >= 4 is 5.65 Å². The van der Waals surface area contributed by atoms with Crippen molar-refractivity contribution < 1.29 is 4.42 Å². The second-order valence-electron chi connectivity index (χ2n) is 9.18. The SMILES string of the molecule is CC(C)(C)c1ccc2nnc(C3CCN(Cc4nc5c(o4)CCC5)CC3)n2n1. The lowest BCUT2D eigenvalue weighted by atomic mass is 9.92. The zero-order valence-corrected chi connectivity index (χ0v) is 17.0. The van der Waals surface area contributed by atoms with Crippen LogP contribution in [0.3, 0.4) is 0 Å². The maximum Gasteiger partial charge on any atom is 0.208 e. The van der Waals surface area contributed by atoms with Crippen LogP contribution in [0.1, 0.15) is 74.8 Å². The predicted molar refractivity (Wildman–Crippen MR) is 105 cm³/mol. The molecule has 5 rings (SSSR count). The maximum absolute atomic E-state index is 5.94. The fraction of sp³-hybridized carbons (Fsp3) is 0.619. The summed E-state index contributed by atoms with van der Waals surface area (Å²) in [6.45, 7) is 9.40. The molecular formula is C21H28N6O. The Morgan fingerprint density at radius 2 is 1.93 bits per heavy atom. The van der Waals surface area contributed by atoms with Gasteiger partial charge in [0.15, 0.2) is 11.5 Å². The number of nitrogens with zero attached hydrogens (tertiary/aromatic N) is 6. The Kier molecular flexibility index (Phi) is 4.23. The summed E-state index contributed by atoms with van der Waals surface area (Å²) in [5.74, 6) is 3.38. The third-order valence-corrected chi connectivity index (χ3v) is 6.01. The number of hydrogen-bond acceptors (Lipinski definition) is 6. The Bertz CT molecular complexity index is 969. The number of aromatic nitrogens is 5. The van der Waals surface area contributed by atoms with E-state index in [2.05, 4.69) is 46.9 Å². The summed E-state index contributed by atoms with van der Waals surface area (Å²) in [6.07, 6.45) is 5.42. The van der Waals surface area contributed by atoms with Crippen molar-refractivity contribution in [1.82, 2.24) is 29.7 Å². The molecule has 1 saturated heterocycles. The van der Waals surface area contributed by atoms with Gasteiger partial charge in [0, 0.05) is 17.8 Å². The van der Waals surface area contributed by atoms with E-state index >= 15 is 0 Å². The largest absolute Gasteiger partial charge is 0.444 e. The topological polar surface area (TPSA) is 72.4 Å². The first-order valence-corrected chi connectivity index (χ1v) is 10.4. The molecule has 0 N–H and O–H groups in total. The van der Waals surface area contributed by atoms with Crippen LogP contribution in [0.2, 0.25) is 0 Å². The predicted octanol–water partition coefficient (Wildman–Crippen LogP) is 3.28. The molecular weight excluding hydrogens is 352 g/mol. The molecule has 0 atom stereocenters. The van der Waals surface area contributed by atoms with Crippen molar-refractivity contribution in [2.45, 2.75) is 70.8 Å². The van der Waals surface area contributed by atoms with Crippen molar-refractivity contribution in [2.75, 3.05) is 13.1 Å². The smallest absolute Gasteiger partial charge is 0.208 e. The number of piperidine rings is 1. The third kappa shape index (κ3) is 3.21. The van der Waals surface area contributed by atoms with E-state index in [1.807, 2.05) is 10.6 Å². The van der Waals surface area contributed by atoms with E-state index in [1.54, 1.807) is 0 Å². The molecule has 28 heavy (non-hydrogen) atoms. The Morgan fingerprint density at radius 1 is 1.11 bits per heavy atom. The third-order valence-electron chi connectivity index (χ3n) is 6.01.